The number of amides is 1. The van der Waals surface area contributed by atoms with Crippen molar-refractivity contribution in [3.63, 3.8) is 0 Å². The third kappa shape index (κ3) is 4.54. The van der Waals surface area contributed by atoms with Crippen molar-refractivity contribution in [2.75, 3.05) is 5.32 Å². The maximum absolute atomic E-state index is 13.0. The predicted molar refractivity (Wildman–Crippen MR) is 108 cm³/mol. The largest absolute Gasteiger partial charge is 0.324 e. The van der Waals surface area contributed by atoms with E-state index in [1.54, 1.807) is 19.1 Å². The smallest absolute Gasteiger partial charge is 0.274 e. The molecule has 6 heteroatoms. The van der Waals surface area contributed by atoms with Crippen molar-refractivity contribution in [3.05, 3.63) is 100 Å². The van der Waals surface area contributed by atoms with E-state index in [4.69, 9.17) is 0 Å². The fraction of sp³-hybridized carbons (Fsp3) is 0.0952. The van der Waals surface area contributed by atoms with Gasteiger partial charge in [-0.25, -0.2) is 0 Å². The molecule has 0 saturated heterocycles. The first-order valence-electron chi connectivity index (χ1n) is 8.38. The lowest BCUT2D eigenvalue weighted by Gasteiger charge is -2.18. The molecule has 1 unspecified atom stereocenters. The summed E-state index contributed by atoms with van der Waals surface area (Å²) in [6.45, 7) is 1.63. The normalized spacial score (nSPS) is 11.6. The number of nitro benzene ring substituents is 1. The standard InChI is InChI=1S/C21H18N2O3S/c1-15-18(13-8-14-19(15)23(25)26)22-21(24)20(16-9-4-2-5-10-16)27-17-11-6-3-7-12-17/h2-14,20H,1H3,(H,22,24). The third-order valence-corrected chi connectivity index (χ3v) is 5.36. The van der Waals surface area contributed by atoms with E-state index in [9.17, 15) is 14.9 Å². The summed E-state index contributed by atoms with van der Waals surface area (Å²) in [6.07, 6.45) is 0. The number of hydrogen-bond donors (Lipinski definition) is 1. The molecule has 1 atom stereocenters. The summed E-state index contributed by atoms with van der Waals surface area (Å²) in [5, 5.41) is 13.5. The Labute approximate surface area is 161 Å². The highest BCUT2D eigenvalue weighted by atomic mass is 32.2. The molecule has 3 rings (SSSR count). The minimum atomic E-state index is -0.479. The van der Waals surface area contributed by atoms with Gasteiger partial charge < -0.3 is 5.32 Å². The van der Waals surface area contributed by atoms with Crippen molar-refractivity contribution in [2.24, 2.45) is 0 Å². The molecule has 0 aromatic heterocycles. The first-order chi connectivity index (χ1) is 13.1. The van der Waals surface area contributed by atoms with Crippen LogP contribution in [0, 0.1) is 17.0 Å². The number of thioether (sulfide) groups is 1. The third-order valence-electron chi connectivity index (χ3n) is 4.10. The Bertz CT molecular complexity index is 946. The van der Waals surface area contributed by atoms with Gasteiger partial charge in [0.2, 0.25) is 5.91 Å². The lowest BCUT2D eigenvalue weighted by molar-refractivity contribution is -0.385. The summed E-state index contributed by atoms with van der Waals surface area (Å²) in [5.41, 5.74) is 1.74. The van der Waals surface area contributed by atoms with Crippen molar-refractivity contribution in [1.29, 1.82) is 0 Å². The molecule has 0 aliphatic carbocycles. The molecule has 0 saturated carbocycles. The van der Waals surface area contributed by atoms with Crippen LogP contribution in [-0.2, 0) is 4.79 Å². The number of carbonyl (C=O) groups is 1. The molecule has 0 bridgehead atoms. The van der Waals surface area contributed by atoms with Gasteiger partial charge in [0.1, 0.15) is 5.25 Å². The molecule has 1 N–H and O–H groups in total. The Morgan fingerprint density at radius 2 is 1.59 bits per heavy atom. The average Bonchev–Trinajstić information content (AvgIpc) is 2.69. The number of benzene rings is 3. The van der Waals surface area contributed by atoms with E-state index in [-0.39, 0.29) is 11.6 Å². The zero-order chi connectivity index (χ0) is 19.2. The van der Waals surface area contributed by atoms with Crippen LogP contribution in [0.3, 0.4) is 0 Å². The van der Waals surface area contributed by atoms with Crippen molar-refractivity contribution >= 4 is 29.0 Å². The lowest BCUT2D eigenvalue weighted by atomic mass is 10.1. The molecule has 0 radical (unpaired) electrons. The van der Waals surface area contributed by atoms with E-state index in [1.807, 2.05) is 60.7 Å². The molecule has 3 aromatic rings. The van der Waals surface area contributed by atoms with E-state index < -0.39 is 10.2 Å². The van der Waals surface area contributed by atoms with E-state index >= 15 is 0 Å². The molecule has 0 spiro atoms. The summed E-state index contributed by atoms with van der Waals surface area (Å²) in [4.78, 5) is 24.7. The summed E-state index contributed by atoms with van der Waals surface area (Å²) in [6, 6.07) is 23.8. The molecule has 27 heavy (non-hydrogen) atoms. The van der Waals surface area contributed by atoms with Gasteiger partial charge in [0.25, 0.3) is 5.69 Å². The van der Waals surface area contributed by atoms with Crippen molar-refractivity contribution in [3.8, 4) is 0 Å². The second-order valence-electron chi connectivity index (χ2n) is 5.92. The van der Waals surface area contributed by atoms with Crippen LogP contribution in [-0.4, -0.2) is 10.8 Å². The van der Waals surface area contributed by atoms with Crippen LogP contribution in [0.5, 0.6) is 0 Å². The highest BCUT2D eigenvalue weighted by Crippen LogP contribution is 2.36. The minimum Gasteiger partial charge on any atom is -0.324 e. The topological polar surface area (TPSA) is 72.2 Å². The second kappa shape index (κ2) is 8.51. The Balaban J connectivity index is 1.90. The zero-order valence-corrected chi connectivity index (χ0v) is 15.5. The molecule has 0 heterocycles. The molecular formula is C21H18N2O3S. The van der Waals surface area contributed by atoms with Gasteiger partial charge in [-0.3, -0.25) is 14.9 Å². The SMILES string of the molecule is Cc1c(NC(=O)C(Sc2ccccc2)c2ccccc2)cccc1[N+](=O)[O-]. The Kier molecular flexibility index (Phi) is 5.88. The number of anilines is 1. The molecule has 1 amide bonds. The van der Waals surface area contributed by atoms with Gasteiger partial charge >= 0.3 is 0 Å². The number of hydrogen-bond acceptors (Lipinski definition) is 4. The van der Waals surface area contributed by atoms with Crippen LogP contribution in [0.2, 0.25) is 0 Å². The van der Waals surface area contributed by atoms with E-state index in [1.165, 1.54) is 17.8 Å². The molecular weight excluding hydrogens is 360 g/mol. The fourth-order valence-electron chi connectivity index (χ4n) is 2.69. The quantitative estimate of drug-likeness (QED) is 0.355. The summed E-state index contributed by atoms with van der Waals surface area (Å²) >= 11 is 1.44. The van der Waals surface area contributed by atoms with E-state index in [0.29, 0.717) is 11.3 Å². The summed E-state index contributed by atoms with van der Waals surface area (Å²) in [7, 11) is 0. The van der Waals surface area contributed by atoms with E-state index in [0.717, 1.165) is 10.5 Å². The van der Waals surface area contributed by atoms with Gasteiger partial charge in [-0.05, 0) is 30.7 Å². The second-order valence-corrected chi connectivity index (χ2v) is 7.10. The van der Waals surface area contributed by atoms with Crippen LogP contribution >= 0.6 is 11.8 Å². The Morgan fingerprint density at radius 3 is 2.22 bits per heavy atom. The zero-order valence-electron chi connectivity index (χ0n) is 14.7. The number of nitro groups is 1. The lowest BCUT2D eigenvalue weighted by Crippen LogP contribution is -2.19. The van der Waals surface area contributed by atoms with Gasteiger partial charge in [0.05, 0.1) is 16.2 Å². The summed E-state index contributed by atoms with van der Waals surface area (Å²) < 4.78 is 0. The number of carbonyl (C=O) groups excluding carboxylic acids is 1. The van der Waals surface area contributed by atoms with Crippen LogP contribution in [0.25, 0.3) is 0 Å². The molecule has 0 aliphatic heterocycles. The Morgan fingerprint density at radius 1 is 0.963 bits per heavy atom. The van der Waals surface area contributed by atoms with Gasteiger partial charge in [-0.1, -0.05) is 54.6 Å². The van der Waals surface area contributed by atoms with Crippen molar-refractivity contribution in [2.45, 2.75) is 17.1 Å². The van der Waals surface area contributed by atoms with Crippen LogP contribution in [0.4, 0.5) is 11.4 Å². The van der Waals surface area contributed by atoms with Crippen molar-refractivity contribution in [1.82, 2.24) is 0 Å². The van der Waals surface area contributed by atoms with Gasteiger partial charge in [-0.2, -0.15) is 0 Å². The van der Waals surface area contributed by atoms with Crippen molar-refractivity contribution < 1.29 is 9.72 Å². The maximum Gasteiger partial charge on any atom is 0.274 e. The molecule has 3 aromatic carbocycles. The van der Waals surface area contributed by atoms with Gasteiger partial charge in [0, 0.05) is 11.0 Å². The predicted octanol–water partition coefficient (Wildman–Crippen LogP) is 5.38. The Hall–Kier alpha value is -3.12. The summed E-state index contributed by atoms with van der Waals surface area (Å²) in [5.74, 6) is -0.223. The minimum absolute atomic E-state index is 0.0141. The number of nitrogens with one attached hydrogen (secondary N) is 1. The number of rotatable bonds is 6. The average molecular weight is 378 g/mol. The molecule has 0 fully saturated rings. The van der Waals surface area contributed by atoms with Crippen LogP contribution in [0.15, 0.2) is 83.8 Å². The van der Waals surface area contributed by atoms with Gasteiger partial charge in [-0.15, -0.1) is 11.8 Å². The maximum atomic E-state index is 13.0. The van der Waals surface area contributed by atoms with E-state index in [2.05, 4.69) is 5.32 Å². The first kappa shape index (κ1) is 18.7. The highest BCUT2D eigenvalue weighted by Gasteiger charge is 2.23. The highest BCUT2D eigenvalue weighted by molar-refractivity contribution is 8.00. The fourth-order valence-corrected chi connectivity index (χ4v) is 3.74. The van der Waals surface area contributed by atoms with Crippen LogP contribution in [0.1, 0.15) is 16.4 Å². The number of nitrogens with zero attached hydrogens (tertiary/aromatic N) is 1. The molecule has 0 aliphatic rings. The van der Waals surface area contributed by atoms with Crippen LogP contribution < -0.4 is 5.32 Å². The monoisotopic (exact) mass is 378 g/mol. The first-order valence-corrected chi connectivity index (χ1v) is 9.26. The molecule has 136 valence electrons. The molecule has 5 nitrogen and oxygen atoms in total. The van der Waals surface area contributed by atoms with Gasteiger partial charge in [0.15, 0.2) is 0 Å².